The highest BCUT2D eigenvalue weighted by atomic mass is 19.3. The van der Waals surface area contributed by atoms with Crippen LogP contribution in [-0.4, -0.2) is 17.0 Å². The summed E-state index contributed by atoms with van der Waals surface area (Å²) in [7, 11) is 0. The lowest BCUT2D eigenvalue weighted by molar-refractivity contribution is -0.152. The van der Waals surface area contributed by atoms with Crippen LogP contribution in [0.25, 0.3) is 0 Å². The zero-order valence-corrected chi connectivity index (χ0v) is 9.51. The molecule has 2 rings (SSSR count). The predicted octanol–water partition coefficient (Wildman–Crippen LogP) is 3.31. The number of hydrogen-bond donors (Lipinski definition) is 1. The van der Waals surface area contributed by atoms with Crippen molar-refractivity contribution < 1.29 is 18.7 Å². The largest absolute Gasteiger partial charge is 0.481 e. The van der Waals surface area contributed by atoms with E-state index in [0.717, 1.165) is 19.3 Å². The summed E-state index contributed by atoms with van der Waals surface area (Å²) < 4.78 is 26.6. The third kappa shape index (κ3) is 1.54. The number of carboxylic acid groups (broad SMARTS) is 1. The minimum atomic E-state index is -2.97. The van der Waals surface area contributed by atoms with Crippen LogP contribution in [0.15, 0.2) is 0 Å². The van der Waals surface area contributed by atoms with E-state index < -0.39 is 23.7 Å². The molecule has 0 aromatic carbocycles. The average molecular weight is 232 g/mol. The maximum atomic E-state index is 13.3. The van der Waals surface area contributed by atoms with Gasteiger partial charge in [-0.05, 0) is 24.7 Å². The molecule has 0 spiro atoms. The number of hydrogen-bond acceptors (Lipinski definition) is 1. The first-order valence-electron chi connectivity index (χ1n) is 6.05. The zero-order chi connectivity index (χ0) is 12.0. The van der Waals surface area contributed by atoms with Crippen molar-refractivity contribution in [2.24, 2.45) is 17.3 Å². The quantitative estimate of drug-likeness (QED) is 0.810. The van der Waals surface area contributed by atoms with Gasteiger partial charge < -0.3 is 5.11 Å². The third-order valence-corrected chi connectivity index (χ3v) is 4.53. The van der Waals surface area contributed by atoms with Gasteiger partial charge in [0, 0.05) is 6.42 Å². The fourth-order valence-electron chi connectivity index (χ4n) is 3.22. The molecule has 2 aliphatic carbocycles. The standard InChI is InChI=1S/C12H18F2O2/c1-2-8-3-5-9(6-4-8)11(10(15)16)7-12(11,13)14/h8-9H,2-7H2,1H3,(H,15,16). The SMILES string of the molecule is CCC1CCC(C2(C(=O)O)CC2(F)F)CC1. The summed E-state index contributed by atoms with van der Waals surface area (Å²) in [5.74, 6) is -3.97. The zero-order valence-electron chi connectivity index (χ0n) is 9.51. The van der Waals surface area contributed by atoms with Gasteiger partial charge >= 0.3 is 5.97 Å². The van der Waals surface area contributed by atoms with Gasteiger partial charge in [-0.15, -0.1) is 0 Å². The molecule has 0 aromatic heterocycles. The van der Waals surface area contributed by atoms with Gasteiger partial charge in [0.15, 0.2) is 0 Å². The second kappa shape index (κ2) is 3.67. The normalized spacial score (nSPS) is 41.7. The van der Waals surface area contributed by atoms with Crippen LogP contribution in [-0.2, 0) is 4.79 Å². The van der Waals surface area contributed by atoms with Crippen molar-refractivity contribution in [3.63, 3.8) is 0 Å². The molecule has 0 aliphatic heterocycles. The second-order valence-electron chi connectivity index (χ2n) is 5.28. The molecule has 92 valence electrons. The number of aliphatic carboxylic acids is 1. The number of alkyl halides is 2. The summed E-state index contributed by atoms with van der Waals surface area (Å²) in [6.07, 6.45) is 3.75. The van der Waals surface area contributed by atoms with Crippen LogP contribution in [0.3, 0.4) is 0 Å². The fraction of sp³-hybridized carbons (Fsp3) is 0.917. The topological polar surface area (TPSA) is 37.3 Å². The first-order chi connectivity index (χ1) is 7.44. The molecule has 4 heteroatoms. The van der Waals surface area contributed by atoms with Crippen LogP contribution < -0.4 is 0 Å². The van der Waals surface area contributed by atoms with Crippen molar-refractivity contribution in [3.05, 3.63) is 0 Å². The van der Waals surface area contributed by atoms with Crippen LogP contribution in [0, 0.1) is 17.3 Å². The third-order valence-electron chi connectivity index (χ3n) is 4.53. The van der Waals surface area contributed by atoms with E-state index in [1.165, 1.54) is 0 Å². The van der Waals surface area contributed by atoms with Crippen molar-refractivity contribution in [1.29, 1.82) is 0 Å². The molecule has 16 heavy (non-hydrogen) atoms. The van der Waals surface area contributed by atoms with E-state index in [4.69, 9.17) is 5.11 Å². The summed E-state index contributed by atoms with van der Waals surface area (Å²) in [6.45, 7) is 2.10. The summed E-state index contributed by atoms with van der Waals surface area (Å²) in [4.78, 5) is 11.1. The molecule has 0 aromatic rings. The first kappa shape index (κ1) is 11.8. The van der Waals surface area contributed by atoms with Crippen LogP contribution in [0.5, 0.6) is 0 Å². The molecular weight excluding hydrogens is 214 g/mol. The fourth-order valence-corrected chi connectivity index (χ4v) is 3.22. The van der Waals surface area contributed by atoms with Crippen molar-refractivity contribution in [1.82, 2.24) is 0 Å². The maximum absolute atomic E-state index is 13.3. The number of rotatable bonds is 3. The minimum Gasteiger partial charge on any atom is -0.481 e. The summed E-state index contributed by atoms with van der Waals surface area (Å²) in [6, 6.07) is 0. The van der Waals surface area contributed by atoms with Crippen LogP contribution >= 0.6 is 0 Å². The van der Waals surface area contributed by atoms with E-state index in [2.05, 4.69) is 6.92 Å². The summed E-state index contributed by atoms with van der Waals surface area (Å²) in [5.41, 5.74) is -1.72. The van der Waals surface area contributed by atoms with Gasteiger partial charge in [0.1, 0.15) is 5.41 Å². The molecule has 2 aliphatic rings. The van der Waals surface area contributed by atoms with E-state index in [-0.39, 0.29) is 5.92 Å². The van der Waals surface area contributed by atoms with Gasteiger partial charge in [-0.1, -0.05) is 26.2 Å². The van der Waals surface area contributed by atoms with Gasteiger partial charge in [-0.2, -0.15) is 0 Å². The van der Waals surface area contributed by atoms with E-state index in [1.807, 2.05) is 0 Å². The molecular formula is C12H18F2O2. The Kier molecular flexibility index (Phi) is 2.71. The number of carbonyl (C=O) groups is 1. The lowest BCUT2D eigenvalue weighted by Crippen LogP contribution is -2.33. The van der Waals surface area contributed by atoms with E-state index >= 15 is 0 Å². The van der Waals surface area contributed by atoms with Crippen LogP contribution in [0.2, 0.25) is 0 Å². The van der Waals surface area contributed by atoms with Crippen molar-refractivity contribution in [2.75, 3.05) is 0 Å². The molecule has 2 saturated carbocycles. The van der Waals surface area contributed by atoms with E-state index in [9.17, 15) is 13.6 Å². The highest BCUT2D eigenvalue weighted by Gasteiger charge is 2.78. The number of carboxylic acids is 1. The Morgan fingerprint density at radius 3 is 2.12 bits per heavy atom. The van der Waals surface area contributed by atoms with Crippen LogP contribution in [0.1, 0.15) is 45.4 Å². The molecule has 2 fully saturated rings. The predicted molar refractivity (Wildman–Crippen MR) is 55.4 cm³/mol. The van der Waals surface area contributed by atoms with Gasteiger partial charge in [0.25, 0.3) is 5.92 Å². The smallest absolute Gasteiger partial charge is 0.316 e. The lowest BCUT2D eigenvalue weighted by atomic mass is 9.73. The van der Waals surface area contributed by atoms with E-state index in [0.29, 0.717) is 18.8 Å². The Hall–Kier alpha value is -0.670. The Bertz CT molecular complexity index is 295. The molecule has 0 bridgehead atoms. The molecule has 1 atom stereocenters. The van der Waals surface area contributed by atoms with Gasteiger partial charge in [0.2, 0.25) is 0 Å². The second-order valence-corrected chi connectivity index (χ2v) is 5.28. The van der Waals surface area contributed by atoms with Gasteiger partial charge in [-0.25, -0.2) is 8.78 Å². The Morgan fingerprint density at radius 2 is 1.81 bits per heavy atom. The Morgan fingerprint density at radius 1 is 1.31 bits per heavy atom. The molecule has 1 N–H and O–H groups in total. The maximum Gasteiger partial charge on any atom is 0.316 e. The number of halogens is 2. The lowest BCUT2D eigenvalue weighted by Gasteiger charge is -2.31. The molecule has 0 amide bonds. The van der Waals surface area contributed by atoms with Crippen LogP contribution in [0.4, 0.5) is 8.78 Å². The molecule has 0 radical (unpaired) electrons. The molecule has 0 heterocycles. The molecule has 2 nitrogen and oxygen atoms in total. The van der Waals surface area contributed by atoms with Crippen molar-refractivity contribution in [3.8, 4) is 0 Å². The van der Waals surface area contributed by atoms with Crippen molar-refractivity contribution in [2.45, 2.75) is 51.4 Å². The van der Waals surface area contributed by atoms with Gasteiger partial charge in [0.05, 0.1) is 0 Å². The van der Waals surface area contributed by atoms with E-state index in [1.54, 1.807) is 0 Å². The molecule has 0 saturated heterocycles. The monoisotopic (exact) mass is 232 g/mol. The summed E-state index contributed by atoms with van der Waals surface area (Å²) >= 11 is 0. The summed E-state index contributed by atoms with van der Waals surface area (Å²) in [5, 5.41) is 9.03. The minimum absolute atomic E-state index is 0.317. The van der Waals surface area contributed by atoms with Gasteiger partial charge in [-0.3, -0.25) is 4.79 Å². The highest BCUT2D eigenvalue weighted by molar-refractivity contribution is 5.80. The molecule has 1 unspecified atom stereocenters. The Labute approximate surface area is 94.0 Å². The average Bonchev–Trinajstić information content (AvgIpc) is 2.84. The first-order valence-corrected chi connectivity index (χ1v) is 6.05. The highest BCUT2D eigenvalue weighted by Crippen LogP contribution is 2.67. The van der Waals surface area contributed by atoms with Crippen molar-refractivity contribution >= 4 is 5.97 Å². The Balaban J connectivity index is 2.06.